The van der Waals surface area contributed by atoms with Crippen molar-refractivity contribution in [2.45, 2.75) is 19.4 Å². The Hall–Kier alpha value is -3.45. The van der Waals surface area contributed by atoms with Crippen molar-refractivity contribution in [1.82, 2.24) is 20.0 Å². The van der Waals surface area contributed by atoms with E-state index in [0.29, 0.717) is 5.56 Å². The van der Waals surface area contributed by atoms with Gasteiger partial charge < -0.3 is 16.0 Å². The zero-order valence-corrected chi connectivity index (χ0v) is 17.2. The molecule has 1 saturated heterocycles. The van der Waals surface area contributed by atoms with Crippen LogP contribution in [-0.2, 0) is 0 Å². The third-order valence-electron chi connectivity index (χ3n) is 5.25. The van der Waals surface area contributed by atoms with Gasteiger partial charge in [0.2, 0.25) is 0 Å². The van der Waals surface area contributed by atoms with E-state index in [0.717, 1.165) is 47.8 Å². The largest absolute Gasteiger partial charge is 0.352 e. The van der Waals surface area contributed by atoms with E-state index in [2.05, 4.69) is 25.9 Å². The molecule has 2 aromatic heterocycles. The number of benzene rings is 1. The number of carbonyl (C=O) groups excluding carboxylic acids is 1. The molecule has 0 aliphatic carbocycles. The molecular weight excluding hydrogens is 376 g/mol. The number of anilines is 2. The molecule has 0 spiro atoms. The maximum Gasteiger partial charge on any atom is 0.251 e. The lowest BCUT2D eigenvalue weighted by atomic mass is 10.1. The predicted molar refractivity (Wildman–Crippen MR) is 122 cm³/mol. The molecule has 1 amide bonds. The van der Waals surface area contributed by atoms with Crippen molar-refractivity contribution in [2.24, 2.45) is 4.99 Å². The van der Waals surface area contributed by atoms with E-state index in [-0.39, 0.29) is 11.9 Å². The van der Waals surface area contributed by atoms with Crippen LogP contribution in [-0.4, -0.2) is 47.7 Å². The molecular formula is C23H26N6O. The van der Waals surface area contributed by atoms with Crippen molar-refractivity contribution in [3.63, 3.8) is 0 Å². The summed E-state index contributed by atoms with van der Waals surface area (Å²) >= 11 is 0. The lowest BCUT2D eigenvalue weighted by Crippen LogP contribution is -2.36. The van der Waals surface area contributed by atoms with Crippen molar-refractivity contribution in [1.29, 1.82) is 0 Å². The number of aromatic nitrogens is 2. The second-order valence-electron chi connectivity index (χ2n) is 7.25. The first-order valence-corrected chi connectivity index (χ1v) is 10.1. The second kappa shape index (κ2) is 8.92. The lowest BCUT2D eigenvalue weighted by molar-refractivity contribution is 0.0940. The van der Waals surface area contributed by atoms with E-state index in [9.17, 15) is 4.79 Å². The van der Waals surface area contributed by atoms with Crippen LogP contribution in [0.4, 0.5) is 11.4 Å². The Labute approximate surface area is 175 Å². The molecule has 1 aliphatic heterocycles. The average Bonchev–Trinajstić information content (AvgIpc) is 3.45. The summed E-state index contributed by atoms with van der Waals surface area (Å²) in [4.78, 5) is 21.1. The number of rotatable bonds is 6. The van der Waals surface area contributed by atoms with Gasteiger partial charge in [0.1, 0.15) is 0 Å². The summed E-state index contributed by atoms with van der Waals surface area (Å²) in [7, 11) is 1.76. The molecule has 1 fully saturated rings. The highest BCUT2D eigenvalue weighted by atomic mass is 16.1. The molecule has 0 saturated carbocycles. The predicted octanol–water partition coefficient (Wildman–Crippen LogP) is 3.27. The number of aliphatic imine (C=N–C) groups is 1. The number of carbonyl (C=O) groups is 1. The normalized spacial score (nSPS) is 17.0. The summed E-state index contributed by atoms with van der Waals surface area (Å²) in [5.74, 6) is -0.0354. The van der Waals surface area contributed by atoms with Crippen molar-refractivity contribution < 1.29 is 4.79 Å². The third kappa shape index (κ3) is 4.11. The Balaban J connectivity index is 1.53. The number of hydrogen-bond acceptors (Lipinski definition) is 5. The minimum atomic E-state index is -0.0354. The van der Waals surface area contributed by atoms with E-state index in [1.165, 1.54) is 0 Å². The standard InChI is InChI=1S/C23H26N6O/c1-3-16(14-24-2)21-9-8-20(22-26-12-13-29(21)22)27-18-6-4-17(5-7-18)23(30)28-19-10-11-25-15-19/h3-9,12-14,19,25,27H,10-11,15H2,1-2H3,(H,28,30)/b16-3+,24-14?. The van der Waals surface area contributed by atoms with Gasteiger partial charge in [-0.1, -0.05) is 6.08 Å². The van der Waals surface area contributed by atoms with Gasteiger partial charge in [-0.25, -0.2) is 4.98 Å². The fourth-order valence-electron chi connectivity index (χ4n) is 3.68. The number of nitrogens with zero attached hydrogens (tertiary/aromatic N) is 3. The smallest absolute Gasteiger partial charge is 0.251 e. The summed E-state index contributed by atoms with van der Waals surface area (Å²) in [6, 6.07) is 11.8. The van der Waals surface area contributed by atoms with E-state index in [1.54, 1.807) is 13.2 Å². The molecule has 0 bridgehead atoms. The lowest BCUT2D eigenvalue weighted by Gasteiger charge is -2.13. The Morgan fingerprint density at radius 2 is 2.10 bits per heavy atom. The molecule has 1 atom stereocenters. The molecule has 1 aliphatic rings. The van der Waals surface area contributed by atoms with Crippen LogP contribution in [0.3, 0.4) is 0 Å². The summed E-state index contributed by atoms with van der Waals surface area (Å²) in [5.41, 5.74) is 5.32. The fraction of sp³-hybridized carbons (Fsp3) is 0.261. The third-order valence-corrected chi connectivity index (χ3v) is 5.25. The quantitative estimate of drug-likeness (QED) is 0.553. The summed E-state index contributed by atoms with van der Waals surface area (Å²) in [5, 5.41) is 9.73. The molecule has 1 unspecified atom stereocenters. The number of amides is 1. The van der Waals surface area contributed by atoms with Crippen molar-refractivity contribution >= 4 is 34.7 Å². The van der Waals surface area contributed by atoms with Gasteiger partial charge >= 0.3 is 0 Å². The number of nitrogens with one attached hydrogen (secondary N) is 3. The Morgan fingerprint density at radius 1 is 1.27 bits per heavy atom. The highest BCUT2D eigenvalue weighted by Gasteiger charge is 2.17. The Kier molecular flexibility index (Phi) is 5.90. The van der Waals surface area contributed by atoms with Gasteiger partial charge in [0.25, 0.3) is 5.91 Å². The van der Waals surface area contributed by atoms with E-state index < -0.39 is 0 Å². The summed E-state index contributed by atoms with van der Waals surface area (Å²) in [6.07, 6.45) is 8.56. The fourth-order valence-corrected chi connectivity index (χ4v) is 3.68. The first-order valence-electron chi connectivity index (χ1n) is 10.1. The van der Waals surface area contributed by atoms with Crippen LogP contribution >= 0.6 is 0 Å². The first-order chi connectivity index (χ1) is 14.7. The average molecular weight is 403 g/mol. The van der Waals surface area contributed by atoms with Gasteiger partial charge in [-0.2, -0.15) is 0 Å². The van der Waals surface area contributed by atoms with Gasteiger partial charge in [0.05, 0.1) is 11.4 Å². The van der Waals surface area contributed by atoms with Gasteiger partial charge in [-0.05, 0) is 56.3 Å². The van der Waals surface area contributed by atoms with Crippen LogP contribution in [0, 0.1) is 0 Å². The molecule has 3 N–H and O–H groups in total. The van der Waals surface area contributed by atoms with Gasteiger partial charge in [0.15, 0.2) is 5.65 Å². The van der Waals surface area contributed by atoms with Crippen LogP contribution in [0.15, 0.2) is 59.9 Å². The Bertz CT molecular complexity index is 1090. The minimum absolute atomic E-state index is 0.0354. The molecule has 1 aromatic carbocycles. The molecule has 0 radical (unpaired) electrons. The van der Waals surface area contributed by atoms with Crippen molar-refractivity contribution in [3.05, 3.63) is 66.1 Å². The number of pyridine rings is 1. The maximum atomic E-state index is 12.4. The Morgan fingerprint density at radius 3 is 2.80 bits per heavy atom. The number of allylic oxidation sites excluding steroid dienone is 2. The second-order valence-corrected chi connectivity index (χ2v) is 7.25. The SMILES string of the molecule is C/C=C(\C=NC)c1ccc(Nc2ccc(C(=O)NC3CCNC3)cc2)c2nccn12. The highest BCUT2D eigenvalue weighted by molar-refractivity contribution is 6.09. The number of hydrogen-bond donors (Lipinski definition) is 3. The van der Waals surface area contributed by atoms with Gasteiger partial charge in [-0.15, -0.1) is 0 Å². The summed E-state index contributed by atoms with van der Waals surface area (Å²) in [6.45, 7) is 3.78. The first kappa shape index (κ1) is 19.8. The molecule has 3 aromatic rings. The van der Waals surface area contributed by atoms with Crippen LogP contribution < -0.4 is 16.0 Å². The van der Waals surface area contributed by atoms with Crippen LogP contribution in [0.5, 0.6) is 0 Å². The molecule has 7 nitrogen and oxygen atoms in total. The van der Waals surface area contributed by atoms with E-state index >= 15 is 0 Å². The molecule has 154 valence electrons. The van der Waals surface area contributed by atoms with Gasteiger partial charge in [-0.3, -0.25) is 14.2 Å². The molecule has 4 rings (SSSR count). The molecule has 7 heteroatoms. The van der Waals surface area contributed by atoms with Crippen LogP contribution in [0.25, 0.3) is 11.2 Å². The number of fused-ring (bicyclic) bond motifs is 1. The van der Waals surface area contributed by atoms with Crippen LogP contribution in [0.2, 0.25) is 0 Å². The highest BCUT2D eigenvalue weighted by Crippen LogP contribution is 2.25. The zero-order chi connectivity index (χ0) is 20.9. The zero-order valence-electron chi connectivity index (χ0n) is 17.2. The topological polar surface area (TPSA) is 82.8 Å². The summed E-state index contributed by atoms with van der Waals surface area (Å²) < 4.78 is 2.04. The van der Waals surface area contributed by atoms with Crippen molar-refractivity contribution in [3.8, 4) is 0 Å². The van der Waals surface area contributed by atoms with E-state index in [1.807, 2.05) is 66.2 Å². The molecule has 3 heterocycles. The molecule has 30 heavy (non-hydrogen) atoms. The van der Waals surface area contributed by atoms with E-state index in [4.69, 9.17) is 0 Å². The monoisotopic (exact) mass is 402 g/mol. The van der Waals surface area contributed by atoms with Crippen LogP contribution in [0.1, 0.15) is 29.4 Å². The maximum absolute atomic E-state index is 12.4. The minimum Gasteiger partial charge on any atom is -0.352 e. The number of imidazole rings is 1. The van der Waals surface area contributed by atoms with Gasteiger partial charge in [0, 0.05) is 55.1 Å². The van der Waals surface area contributed by atoms with Crippen molar-refractivity contribution in [2.75, 3.05) is 25.5 Å².